The summed E-state index contributed by atoms with van der Waals surface area (Å²) in [6, 6.07) is 0. The molecule has 0 saturated carbocycles. The summed E-state index contributed by atoms with van der Waals surface area (Å²) < 4.78 is 0.0155. The highest BCUT2D eigenvalue weighted by Gasteiger charge is 2.04. The van der Waals surface area contributed by atoms with Gasteiger partial charge in [0.25, 0.3) is 0 Å². The van der Waals surface area contributed by atoms with Crippen LogP contribution in [0.3, 0.4) is 0 Å². The molecule has 0 N–H and O–H groups in total. The molecular formula is C5H5Br2N3. The zero-order valence-electron chi connectivity index (χ0n) is 5.25. The van der Waals surface area contributed by atoms with E-state index in [9.17, 15) is 0 Å². The van der Waals surface area contributed by atoms with E-state index < -0.39 is 0 Å². The van der Waals surface area contributed by atoms with Gasteiger partial charge in [0.1, 0.15) is 15.9 Å². The lowest BCUT2D eigenvalue weighted by Crippen LogP contribution is -1.96. The molecule has 0 radical (unpaired) electrons. The Bertz CT molecular complexity index is 226. The zero-order chi connectivity index (χ0) is 7.56. The highest BCUT2D eigenvalue weighted by Crippen LogP contribution is 2.24. The summed E-state index contributed by atoms with van der Waals surface area (Å²) in [5, 5.41) is 0. The van der Waals surface area contributed by atoms with Crippen molar-refractivity contribution in [3.05, 3.63) is 18.0 Å². The van der Waals surface area contributed by atoms with Crippen molar-refractivity contribution in [3.63, 3.8) is 0 Å². The van der Waals surface area contributed by atoms with E-state index in [1.807, 2.05) is 6.92 Å². The number of hydrogen-bond donors (Lipinski definition) is 0. The van der Waals surface area contributed by atoms with Crippen molar-refractivity contribution < 1.29 is 0 Å². The minimum Gasteiger partial charge on any atom is -0.222 e. The highest BCUT2D eigenvalue weighted by molar-refractivity contribution is 9.24. The van der Waals surface area contributed by atoms with Crippen molar-refractivity contribution in [1.82, 2.24) is 15.0 Å². The third-order valence-corrected chi connectivity index (χ3v) is 1.73. The van der Waals surface area contributed by atoms with Crippen molar-refractivity contribution in [2.75, 3.05) is 0 Å². The van der Waals surface area contributed by atoms with Gasteiger partial charge in [0.2, 0.25) is 0 Å². The standard InChI is InChI=1S/C5H5Br2N3/c1-3-8-2-9-5(10-3)4(6)7/h2,4H,1H3. The second kappa shape index (κ2) is 3.39. The van der Waals surface area contributed by atoms with Gasteiger partial charge in [0, 0.05) is 0 Å². The van der Waals surface area contributed by atoms with Gasteiger partial charge >= 0.3 is 0 Å². The predicted octanol–water partition coefficient (Wildman–Crippen LogP) is 1.97. The molecule has 0 aromatic carbocycles. The van der Waals surface area contributed by atoms with Crippen molar-refractivity contribution >= 4 is 31.9 Å². The van der Waals surface area contributed by atoms with E-state index in [1.165, 1.54) is 6.33 Å². The van der Waals surface area contributed by atoms with Crippen LogP contribution in [-0.2, 0) is 0 Å². The number of alkyl halides is 2. The van der Waals surface area contributed by atoms with E-state index in [4.69, 9.17) is 0 Å². The first-order valence-corrected chi connectivity index (χ1v) is 4.47. The Morgan fingerprint density at radius 2 is 2.10 bits per heavy atom. The second-order valence-electron chi connectivity index (χ2n) is 1.69. The predicted molar refractivity (Wildman–Crippen MR) is 45.2 cm³/mol. The van der Waals surface area contributed by atoms with Crippen molar-refractivity contribution in [3.8, 4) is 0 Å². The quantitative estimate of drug-likeness (QED) is 0.730. The molecule has 54 valence electrons. The van der Waals surface area contributed by atoms with Gasteiger partial charge < -0.3 is 0 Å². The first-order valence-electron chi connectivity index (χ1n) is 2.64. The summed E-state index contributed by atoms with van der Waals surface area (Å²) in [4.78, 5) is 11.8. The molecule has 0 amide bonds. The van der Waals surface area contributed by atoms with Crippen LogP contribution < -0.4 is 0 Å². The van der Waals surface area contributed by atoms with Crippen molar-refractivity contribution in [1.29, 1.82) is 0 Å². The number of rotatable bonds is 1. The average Bonchev–Trinajstić information content (AvgIpc) is 1.88. The lowest BCUT2D eigenvalue weighted by Gasteiger charge is -1.98. The molecule has 1 heterocycles. The first kappa shape index (κ1) is 8.07. The van der Waals surface area contributed by atoms with E-state index >= 15 is 0 Å². The third kappa shape index (κ3) is 1.98. The summed E-state index contributed by atoms with van der Waals surface area (Å²) in [6.07, 6.45) is 1.49. The van der Waals surface area contributed by atoms with E-state index in [0.717, 1.165) is 5.82 Å². The number of aromatic nitrogens is 3. The SMILES string of the molecule is Cc1ncnc(C(Br)Br)n1. The molecule has 10 heavy (non-hydrogen) atoms. The Balaban J connectivity index is 2.96. The highest BCUT2D eigenvalue weighted by atomic mass is 79.9. The van der Waals surface area contributed by atoms with Crippen molar-refractivity contribution in [2.45, 2.75) is 10.7 Å². The summed E-state index contributed by atoms with van der Waals surface area (Å²) in [6.45, 7) is 1.83. The van der Waals surface area contributed by atoms with Crippen LogP contribution in [0, 0.1) is 6.92 Å². The molecule has 1 rings (SSSR count). The van der Waals surface area contributed by atoms with Crippen LogP contribution in [0.1, 0.15) is 15.4 Å². The average molecular weight is 267 g/mol. The third-order valence-electron chi connectivity index (χ3n) is 0.906. The van der Waals surface area contributed by atoms with E-state index in [1.54, 1.807) is 0 Å². The Morgan fingerprint density at radius 1 is 1.40 bits per heavy atom. The zero-order valence-corrected chi connectivity index (χ0v) is 8.42. The van der Waals surface area contributed by atoms with Gasteiger partial charge in [-0.2, -0.15) is 0 Å². The van der Waals surface area contributed by atoms with Gasteiger partial charge in [-0.15, -0.1) is 0 Å². The number of aryl methyl sites for hydroxylation is 1. The molecule has 0 bridgehead atoms. The summed E-state index contributed by atoms with van der Waals surface area (Å²) in [7, 11) is 0. The number of nitrogens with zero attached hydrogens (tertiary/aromatic N) is 3. The molecule has 0 fully saturated rings. The molecule has 1 aromatic heterocycles. The molecule has 1 aromatic rings. The summed E-state index contributed by atoms with van der Waals surface area (Å²) in [5.41, 5.74) is 0. The first-order chi connectivity index (χ1) is 4.70. The fourth-order valence-electron chi connectivity index (χ4n) is 0.500. The minimum absolute atomic E-state index is 0.0155. The maximum absolute atomic E-state index is 4.06. The maximum Gasteiger partial charge on any atom is 0.156 e. The van der Waals surface area contributed by atoms with Crippen LogP contribution in [-0.4, -0.2) is 15.0 Å². The lowest BCUT2D eigenvalue weighted by molar-refractivity contribution is 0.911. The van der Waals surface area contributed by atoms with Gasteiger partial charge in [-0.3, -0.25) is 0 Å². The lowest BCUT2D eigenvalue weighted by atomic mass is 10.6. The molecule has 0 spiro atoms. The Hall–Kier alpha value is -0.0300. The second-order valence-corrected chi connectivity index (χ2v) is 4.75. The Kier molecular flexibility index (Phi) is 2.73. The van der Waals surface area contributed by atoms with Crippen molar-refractivity contribution in [2.24, 2.45) is 0 Å². The normalized spacial score (nSPS) is 10.4. The largest absolute Gasteiger partial charge is 0.222 e. The van der Waals surface area contributed by atoms with Crippen LogP contribution in [0.25, 0.3) is 0 Å². The van der Waals surface area contributed by atoms with Crippen LogP contribution in [0.4, 0.5) is 0 Å². The molecule has 0 saturated heterocycles. The van der Waals surface area contributed by atoms with E-state index in [0.29, 0.717) is 5.82 Å². The topological polar surface area (TPSA) is 38.7 Å². The van der Waals surface area contributed by atoms with Crippen LogP contribution in [0.2, 0.25) is 0 Å². The minimum atomic E-state index is 0.0155. The van der Waals surface area contributed by atoms with Gasteiger partial charge in [0.05, 0.1) is 0 Å². The fraction of sp³-hybridized carbons (Fsp3) is 0.400. The van der Waals surface area contributed by atoms with Gasteiger partial charge in [0.15, 0.2) is 5.82 Å². The monoisotopic (exact) mass is 265 g/mol. The molecule has 3 nitrogen and oxygen atoms in total. The van der Waals surface area contributed by atoms with E-state index in [2.05, 4.69) is 46.8 Å². The summed E-state index contributed by atoms with van der Waals surface area (Å²) >= 11 is 6.56. The van der Waals surface area contributed by atoms with Gasteiger partial charge in [-0.25, -0.2) is 15.0 Å². The van der Waals surface area contributed by atoms with Crippen LogP contribution in [0.5, 0.6) is 0 Å². The number of halogens is 2. The van der Waals surface area contributed by atoms with Crippen LogP contribution in [0.15, 0.2) is 6.33 Å². The molecule has 5 heteroatoms. The number of hydrogen-bond acceptors (Lipinski definition) is 3. The van der Waals surface area contributed by atoms with Gasteiger partial charge in [-0.1, -0.05) is 31.9 Å². The Morgan fingerprint density at radius 3 is 2.50 bits per heavy atom. The molecule has 0 aliphatic heterocycles. The molecular weight excluding hydrogens is 262 g/mol. The summed E-state index contributed by atoms with van der Waals surface area (Å²) in [5.74, 6) is 1.43. The Labute approximate surface area is 75.6 Å². The van der Waals surface area contributed by atoms with Gasteiger partial charge in [-0.05, 0) is 6.92 Å². The molecule has 0 unspecified atom stereocenters. The van der Waals surface area contributed by atoms with E-state index in [-0.39, 0.29) is 3.74 Å². The molecule has 0 aliphatic rings. The maximum atomic E-state index is 4.06. The van der Waals surface area contributed by atoms with Crippen LogP contribution >= 0.6 is 31.9 Å². The fourth-order valence-corrected chi connectivity index (χ4v) is 0.941. The molecule has 0 aliphatic carbocycles. The molecule has 0 atom stereocenters. The smallest absolute Gasteiger partial charge is 0.156 e.